The Balaban J connectivity index is 0.00000112. The molecule has 0 saturated carbocycles. The summed E-state index contributed by atoms with van der Waals surface area (Å²) >= 11 is 0. The van der Waals surface area contributed by atoms with Crippen LogP contribution in [0.5, 0.6) is 5.75 Å². The number of nitrogens with zero attached hydrogens (tertiary/aromatic N) is 1. The molecule has 0 radical (unpaired) electrons. The molecule has 2 aromatic rings. The zero-order valence-electron chi connectivity index (χ0n) is 7.68. The number of rotatable bonds is 1. The number of aromatic amines is 1. The van der Waals surface area contributed by atoms with Crippen LogP contribution in [0.2, 0.25) is 0 Å². The van der Waals surface area contributed by atoms with Crippen LogP contribution >= 0.6 is 17.0 Å². The number of aromatic nitrogens is 2. The van der Waals surface area contributed by atoms with Crippen LogP contribution in [-0.2, 0) is 0 Å². The van der Waals surface area contributed by atoms with Gasteiger partial charge in [-0.05, 0) is 12.1 Å². The summed E-state index contributed by atoms with van der Waals surface area (Å²) < 4.78 is 0. The molecule has 2 aromatic heterocycles. The van der Waals surface area contributed by atoms with E-state index in [2.05, 4.69) is 9.97 Å². The standard InChI is InChI=1S/C10H8N2O2.BrH/c13-8-3-5-11-6-7(8)10-9(14)2-1-4-12-10;/h1-6,14H,(H,11,13);1H. The lowest BCUT2D eigenvalue weighted by molar-refractivity contribution is 0.475. The Morgan fingerprint density at radius 1 is 1.33 bits per heavy atom. The molecule has 2 rings (SSSR count). The Kier molecular flexibility index (Phi) is 3.62. The normalized spacial score (nSPS) is 9.33. The molecule has 78 valence electrons. The van der Waals surface area contributed by atoms with E-state index in [0.717, 1.165) is 0 Å². The van der Waals surface area contributed by atoms with Gasteiger partial charge in [-0.1, -0.05) is 0 Å². The smallest absolute Gasteiger partial charge is 0.191 e. The van der Waals surface area contributed by atoms with E-state index in [9.17, 15) is 9.90 Å². The molecule has 0 saturated heterocycles. The molecule has 0 aliphatic heterocycles. The van der Waals surface area contributed by atoms with Crippen molar-refractivity contribution in [2.24, 2.45) is 0 Å². The largest absolute Gasteiger partial charge is 0.506 e. The maximum atomic E-state index is 11.4. The fourth-order valence-corrected chi connectivity index (χ4v) is 1.21. The average molecular weight is 269 g/mol. The van der Waals surface area contributed by atoms with Crippen LogP contribution in [0.15, 0.2) is 41.6 Å². The molecule has 0 unspecified atom stereocenters. The van der Waals surface area contributed by atoms with Gasteiger partial charge in [-0.3, -0.25) is 9.78 Å². The Hall–Kier alpha value is -1.62. The summed E-state index contributed by atoms with van der Waals surface area (Å²) in [6.07, 6.45) is 4.58. The number of hydrogen-bond donors (Lipinski definition) is 2. The van der Waals surface area contributed by atoms with Gasteiger partial charge < -0.3 is 10.1 Å². The molecule has 2 heterocycles. The van der Waals surface area contributed by atoms with Crippen LogP contribution in [0.25, 0.3) is 11.3 Å². The van der Waals surface area contributed by atoms with Gasteiger partial charge in [-0.25, -0.2) is 0 Å². The predicted molar refractivity (Wildman–Crippen MR) is 62.3 cm³/mol. The number of pyridine rings is 2. The summed E-state index contributed by atoms with van der Waals surface area (Å²) in [4.78, 5) is 18.1. The lowest BCUT2D eigenvalue weighted by atomic mass is 10.2. The minimum atomic E-state index is -0.169. The Bertz CT molecular complexity index is 511. The molecule has 0 atom stereocenters. The molecule has 0 fully saturated rings. The SMILES string of the molecule is Br.O=c1cc[nH]cc1-c1ncccc1O. The highest BCUT2D eigenvalue weighted by molar-refractivity contribution is 8.93. The predicted octanol–water partition coefficient (Wildman–Crippen LogP) is 1.72. The molecule has 0 aliphatic rings. The van der Waals surface area contributed by atoms with Gasteiger partial charge in [0.05, 0.1) is 5.56 Å². The minimum Gasteiger partial charge on any atom is -0.506 e. The fourth-order valence-electron chi connectivity index (χ4n) is 1.21. The Labute approximate surface area is 96.4 Å². The molecule has 2 N–H and O–H groups in total. The number of aromatic hydroxyl groups is 1. The van der Waals surface area contributed by atoms with E-state index in [1.54, 1.807) is 6.07 Å². The Morgan fingerprint density at radius 2 is 2.13 bits per heavy atom. The quantitative estimate of drug-likeness (QED) is 0.828. The van der Waals surface area contributed by atoms with Crippen LogP contribution < -0.4 is 5.43 Å². The number of halogens is 1. The van der Waals surface area contributed by atoms with E-state index in [0.29, 0.717) is 11.3 Å². The maximum absolute atomic E-state index is 11.4. The molecule has 15 heavy (non-hydrogen) atoms. The number of hydrogen-bond acceptors (Lipinski definition) is 3. The van der Waals surface area contributed by atoms with Gasteiger partial charge in [0, 0.05) is 24.7 Å². The van der Waals surface area contributed by atoms with E-state index in [4.69, 9.17) is 0 Å². The van der Waals surface area contributed by atoms with Crippen molar-refractivity contribution in [3.8, 4) is 17.0 Å². The second kappa shape index (κ2) is 4.75. The van der Waals surface area contributed by atoms with Gasteiger partial charge in [0.15, 0.2) is 5.43 Å². The van der Waals surface area contributed by atoms with Gasteiger partial charge in [-0.15, -0.1) is 17.0 Å². The highest BCUT2D eigenvalue weighted by Gasteiger charge is 2.07. The lowest BCUT2D eigenvalue weighted by Gasteiger charge is -2.00. The van der Waals surface area contributed by atoms with Crippen molar-refractivity contribution in [2.75, 3.05) is 0 Å². The van der Waals surface area contributed by atoms with E-state index in [1.807, 2.05) is 0 Å². The highest BCUT2D eigenvalue weighted by Crippen LogP contribution is 2.22. The number of nitrogens with one attached hydrogen (secondary N) is 1. The first-order valence-electron chi connectivity index (χ1n) is 4.10. The van der Waals surface area contributed by atoms with Crippen molar-refractivity contribution >= 4 is 17.0 Å². The zero-order chi connectivity index (χ0) is 9.97. The third kappa shape index (κ3) is 2.24. The first-order valence-corrected chi connectivity index (χ1v) is 4.10. The van der Waals surface area contributed by atoms with Crippen molar-refractivity contribution < 1.29 is 5.11 Å². The maximum Gasteiger partial charge on any atom is 0.191 e. The Morgan fingerprint density at radius 3 is 2.80 bits per heavy atom. The van der Waals surface area contributed by atoms with E-state index < -0.39 is 0 Å². The van der Waals surface area contributed by atoms with Crippen molar-refractivity contribution in [3.05, 3.63) is 47.0 Å². The molecule has 0 aromatic carbocycles. The topological polar surface area (TPSA) is 66.0 Å². The van der Waals surface area contributed by atoms with Crippen LogP contribution in [0.3, 0.4) is 0 Å². The number of H-pyrrole nitrogens is 1. The van der Waals surface area contributed by atoms with Gasteiger partial charge in [0.25, 0.3) is 0 Å². The summed E-state index contributed by atoms with van der Waals surface area (Å²) in [6.45, 7) is 0. The van der Waals surface area contributed by atoms with Crippen LogP contribution in [0.4, 0.5) is 0 Å². The molecular weight excluding hydrogens is 260 g/mol. The molecular formula is C10H9BrN2O2. The average Bonchev–Trinajstić information content (AvgIpc) is 2.20. The van der Waals surface area contributed by atoms with Gasteiger partial charge in [0.2, 0.25) is 0 Å². The zero-order valence-corrected chi connectivity index (χ0v) is 9.39. The van der Waals surface area contributed by atoms with Crippen LogP contribution in [0, 0.1) is 0 Å². The summed E-state index contributed by atoms with van der Waals surface area (Å²) in [5.41, 5.74) is 0.498. The fraction of sp³-hybridized carbons (Fsp3) is 0. The van der Waals surface area contributed by atoms with Crippen molar-refractivity contribution in [2.45, 2.75) is 0 Å². The molecule has 0 amide bonds. The first kappa shape index (κ1) is 11.5. The summed E-state index contributed by atoms with van der Waals surface area (Å²) in [5.74, 6) is 0.00389. The van der Waals surface area contributed by atoms with E-state index >= 15 is 0 Å². The summed E-state index contributed by atoms with van der Waals surface area (Å²) in [6, 6.07) is 4.49. The minimum absolute atomic E-state index is 0. The second-order valence-electron chi connectivity index (χ2n) is 2.79. The van der Waals surface area contributed by atoms with E-state index in [1.165, 1.54) is 30.7 Å². The molecule has 5 heteroatoms. The first-order chi connectivity index (χ1) is 6.79. The van der Waals surface area contributed by atoms with E-state index in [-0.39, 0.29) is 28.2 Å². The van der Waals surface area contributed by atoms with Gasteiger partial charge in [-0.2, -0.15) is 0 Å². The monoisotopic (exact) mass is 268 g/mol. The van der Waals surface area contributed by atoms with Crippen molar-refractivity contribution in [1.29, 1.82) is 0 Å². The second-order valence-corrected chi connectivity index (χ2v) is 2.79. The summed E-state index contributed by atoms with van der Waals surface area (Å²) in [5, 5.41) is 9.47. The van der Waals surface area contributed by atoms with Crippen molar-refractivity contribution in [3.63, 3.8) is 0 Å². The molecule has 4 nitrogen and oxygen atoms in total. The van der Waals surface area contributed by atoms with Crippen LogP contribution in [0.1, 0.15) is 0 Å². The highest BCUT2D eigenvalue weighted by atomic mass is 79.9. The third-order valence-electron chi connectivity index (χ3n) is 1.87. The van der Waals surface area contributed by atoms with Gasteiger partial charge >= 0.3 is 0 Å². The van der Waals surface area contributed by atoms with Crippen molar-refractivity contribution in [1.82, 2.24) is 9.97 Å². The molecule has 0 bridgehead atoms. The van der Waals surface area contributed by atoms with Gasteiger partial charge in [0.1, 0.15) is 11.4 Å². The molecule has 0 aliphatic carbocycles. The third-order valence-corrected chi connectivity index (χ3v) is 1.87. The summed E-state index contributed by atoms with van der Waals surface area (Å²) in [7, 11) is 0. The van der Waals surface area contributed by atoms with Crippen LogP contribution in [-0.4, -0.2) is 15.1 Å². The lowest BCUT2D eigenvalue weighted by Crippen LogP contribution is -2.03. The molecule has 0 spiro atoms.